The Morgan fingerprint density at radius 3 is 2.60 bits per heavy atom. The first-order chi connectivity index (χ1) is 9.86. The lowest BCUT2D eigenvalue weighted by atomic mass is 10.0. The van der Waals surface area contributed by atoms with Crippen molar-refractivity contribution in [3.63, 3.8) is 0 Å². The number of hydrogen-bond donors (Lipinski definition) is 1. The Hall–Kier alpha value is -1.88. The molecule has 0 amide bonds. The highest BCUT2D eigenvalue weighted by Crippen LogP contribution is 2.26. The molecule has 0 spiro atoms. The molecule has 1 aromatic heterocycles. The number of rotatable bonds is 4. The summed E-state index contributed by atoms with van der Waals surface area (Å²) in [7, 11) is 1.59. The zero-order valence-electron chi connectivity index (χ0n) is 11.6. The number of piperidine rings is 1. The number of benzene rings is 1. The molecule has 5 nitrogen and oxygen atoms in total. The number of methoxy groups -OCH3 is 1. The lowest BCUT2D eigenvalue weighted by Gasteiger charge is -2.22. The maximum Gasteiger partial charge on any atom is 0.278 e. The van der Waals surface area contributed by atoms with E-state index in [1.807, 2.05) is 24.3 Å². The minimum Gasteiger partial charge on any atom is -0.477 e. The molecule has 2 aromatic rings. The number of ether oxygens (including phenoxy) is 2. The molecule has 1 saturated heterocycles. The second-order valence-corrected chi connectivity index (χ2v) is 5.05. The highest BCUT2D eigenvalue weighted by atomic mass is 16.5. The zero-order chi connectivity index (χ0) is 13.8. The fourth-order valence-electron chi connectivity index (χ4n) is 2.46. The van der Waals surface area contributed by atoms with Gasteiger partial charge in [0.25, 0.3) is 11.8 Å². The van der Waals surface area contributed by atoms with Crippen molar-refractivity contribution in [2.75, 3.05) is 26.8 Å². The third-order valence-corrected chi connectivity index (χ3v) is 3.56. The molecular formula is C15H19N3O2. The van der Waals surface area contributed by atoms with Gasteiger partial charge in [0.15, 0.2) is 0 Å². The van der Waals surface area contributed by atoms with E-state index in [1.54, 1.807) is 7.11 Å². The van der Waals surface area contributed by atoms with Gasteiger partial charge >= 0.3 is 0 Å². The van der Waals surface area contributed by atoms with Crippen LogP contribution in [0, 0.1) is 5.92 Å². The van der Waals surface area contributed by atoms with Crippen molar-refractivity contribution in [2.45, 2.75) is 12.8 Å². The summed E-state index contributed by atoms with van der Waals surface area (Å²) in [4.78, 5) is 8.93. The fraction of sp³-hybridized carbons (Fsp3) is 0.467. The molecule has 0 radical (unpaired) electrons. The van der Waals surface area contributed by atoms with Gasteiger partial charge in [0, 0.05) is 12.5 Å². The normalized spacial score (nSPS) is 18.9. The molecular weight excluding hydrogens is 254 g/mol. The van der Waals surface area contributed by atoms with E-state index in [0.717, 1.165) is 24.1 Å². The number of nitrogens with one attached hydrogen (secondary N) is 1. The van der Waals surface area contributed by atoms with Gasteiger partial charge in [0.1, 0.15) is 0 Å². The minimum absolute atomic E-state index is 0.451. The average Bonchev–Trinajstić information content (AvgIpc) is 2.53. The van der Waals surface area contributed by atoms with Gasteiger partial charge in [-0.25, -0.2) is 9.97 Å². The number of aromatic nitrogens is 2. The highest BCUT2D eigenvalue weighted by Gasteiger charge is 2.16. The summed E-state index contributed by atoms with van der Waals surface area (Å²) in [6.07, 6.45) is 2.39. The first-order valence-electron chi connectivity index (χ1n) is 7.01. The SMILES string of the molecule is COc1nc2ccccc2nc1OC[C@H]1CCCNC1. The average molecular weight is 273 g/mol. The summed E-state index contributed by atoms with van der Waals surface area (Å²) < 4.78 is 11.1. The number of nitrogens with zero attached hydrogens (tertiary/aromatic N) is 2. The fourth-order valence-corrected chi connectivity index (χ4v) is 2.46. The molecule has 2 heterocycles. The summed E-state index contributed by atoms with van der Waals surface area (Å²) in [6.45, 7) is 2.76. The van der Waals surface area contributed by atoms with Crippen LogP contribution in [0.1, 0.15) is 12.8 Å². The molecule has 1 atom stereocenters. The third-order valence-electron chi connectivity index (χ3n) is 3.56. The third kappa shape index (κ3) is 2.82. The Balaban J connectivity index is 1.78. The molecule has 1 aliphatic rings. The van der Waals surface area contributed by atoms with E-state index in [2.05, 4.69) is 15.3 Å². The van der Waals surface area contributed by atoms with Crippen molar-refractivity contribution in [3.05, 3.63) is 24.3 Å². The standard InChI is InChI=1S/C15H19N3O2/c1-19-14-15(20-10-11-5-4-8-16-9-11)18-13-7-3-2-6-12(13)17-14/h2-3,6-7,11,16H,4-5,8-10H2,1H3/t11-/m0/s1. The summed E-state index contributed by atoms with van der Waals surface area (Å²) in [6, 6.07) is 7.72. The van der Waals surface area contributed by atoms with Crippen LogP contribution in [0.25, 0.3) is 11.0 Å². The Morgan fingerprint density at radius 1 is 1.20 bits per heavy atom. The van der Waals surface area contributed by atoms with Crippen molar-refractivity contribution in [2.24, 2.45) is 5.92 Å². The molecule has 0 saturated carbocycles. The molecule has 106 valence electrons. The summed E-state index contributed by atoms with van der Waals surface area (Å²) >= 11 is 0. The molecule has 3 rings (SSSR count). The minimum atomic E-state index is 0.451. The first-order valence-corrected chi connectivity index (χ1v) is 7.01. The van der Waals surface area contributed by atoms with E-state index in [-0.39, 0.29) is 0 Å². The lowest BCUT2D eigenvalue weighted by molar-refractivity contribution is 0.203. The number of hydrogen-bond acceptors (Lipinski definition) is 5. The van der Waals surface area contributed by atoms with Crippen LogP contribution in [0.4, 0.5) is 0 Å². The van der Waals surface area contributed by atoms with E-state index < -0.39 is 0 Å². The molecule has 1 N–H and O–H groups in total. The first kappa shape index (κ1) is 13.1. The summed E-state index contributed by atoms with van der Waals surface area (Å²) in [5.74, 6) is 1.46. The molecule has 5 heteroatoms. The van der Waals surface area contributed by atoms with Crippen LogP contribution in [0.3, 0.4) is 0 Å². The lowest BCUT2D eigenvalue weighted by Crippen LogP contribution is -2.33. The summed E-state index contributed by atoms with van der Waals surface area (Å²) in [5.41, 5.74) is 1.64. The quantitative estimate of drug-likeness (QED) is 0.923. The molecule has 20 heavy (non-hydrogen) atoms. The van der Waals surface area contributed by atoms with Crippen LogP contribution in [0.2, 0.25) is 0 Å². The van der Waals surface area contributed by atoms with Crippen LogP contribution >= 0.6 is 0 Å². The van der Waals surface area contributed by atoms with Gasteiger partial charge in [0.05, 0.1) is 24.8 Å². The van der Waals surface area contributed by atoms with E-state index in [1.165, 1.54) is 12.8 Å². The smallest absolute Gasteiger partial charge is 0.278 e. The molecule has 1 fully saturated rings. The van der Waals surface area contributed by atoms with Crippen LogP contribution in [0.5, 0.6) is 11.8 Å². The van der Waals surface area contributed by atoms with Crippen molar-refractivity contribution < 1.29 is 9.47 Å². The van der Waals surface area contributed by atoms with Crippen molar-refractivity contribution in [1.29, 1.82) is 0 Å². The van der Waals surface area contributed by atoms with Gasteiger partial charge < -0.3 is 14.8 Å². The van der Waals surface area contributed by atoms with Gasteiger partial charge in [-0.2, -0.15) is 0 Å². The van der Waals surface area contributed by atoms with Crippen LogP contribution < -0.4 is 14.8 Å². The molecule has 0 aliphatic carbocycles. The largest absolute Gasteiger partial charge is 0.477 e. The van der Waals surface area contributed by atoms with E-state index in [9.17, 15) is 0 Å². The Morgan fingerprint density at radius 2 is 1.95 bits per heavy atom. The Bertz CT molecular complexity index is 582. The monoisotopic (exact) mass is 273 g/mol. The van der Waals surface area contributed by atoms with Crippen LogP contribution in [-0.2, 0) is 0 Å². The van der Waals surface area contributed by atoms with Gasteiger partial charge in [0.2, 0.25) is 0 Å². The van der Waals surface area contributed by atoms with Gasteiger partial charge in [-0.15, -0.1) is 0 Å². The van der Waals surface area contributed by atoms with Crippen LogP contribution in [-0.4, -0.2) is 36.8 Å². The van der Waals surface area contributed by atoms with E-state index in [0.29, 0.717) is 24.3 Å². The second kappa shape index (κ2) is 6.05. The van der Waals surface area contributed by atoms with Crippen molar-refractivity contribution in [1.82, 2.24) is 15.3 Å². The molecule has 1 aromatic carbocycles. The maximum absolute atomic E-state index is 5.84. The predicted molar refractivity (Wildman–Crippen MR) is 77.2 cm³/mol. The second-order valence-electron chi connectivity index (χ2n) is 5.05. The van der Waals surface area contributed by atoms with Gasteiger partial charge in [-0.05, 0) is 31.5 Å². The highest BCUT2D eigenvalue weighted by molar-refractivity contribution is 5.75. The maximum atomic E-state index is 5.84. The Labute approximate surface area is 118 Å². The predicted octanol–water partition coefficient (Wildman–Crippen LogP) is 2.02. The molecule has 0 unspecified atom stereocenters. The number of para-hydroxylation sites is 2. The van der Waals surface area contributed by atoms with Crippen molar-refractivity contribution in [3.8, 4) is 11.8 Å². The van der Waals surface area contributed by atoms with Crippen LogP contribution in [0.15, 0.2) is 24.3 Å². The topological polar surface area (TPSA) is 56.3 Å². The molecule has 0 bridgehead atoms. The summed E-state index contributed by atoms with van der Waals surface area (Å²) in [5, 5.41) is 3.38. The molecule has 1 aliphatic heterocycles. The zero-order valence-corrected chi connectivity index (χ0v) is 11.6. The van der Waals surface area contributed by atoms with Gasteiger partial charge in [-0.1, -0.05) is 12.1 Å². The van der Waals surface area contributed by atoms with Gasteiger partial charge in [-0.3, -0.25) is 0 Å². The van der Waals surface area contributed by atoms with Crippen molar-refractivity contribution >= 4 is 11.0 Å². The number of fused-ring (bicyclic) bond motifs is 1. The Kier molecular flexibility index (Phi) is 3.97. The van der Waals surface area contributed by atoms with E-state index in [4.69, 9.17) is 9.47 Å². The van der Waals surface area contributed by atoms with E-state index >= 15 is 0 Å².